The molecule has 0 radical (unpaired) electrons. The summed E-state index contributed by atoms with van der Waals surface area (Å²) < 4.78 is 6.73. The van der Waals surface area contributed by atoms with Crippen molar-refractivity contribution in [3.05, 3.63) is 86.1 Å². The summed E-state index contributed by atoms with van der Waals surface area (Å²) in [6, 6.07) is 17.7. The third-order valence-corrected chi connectivity index (χ3v) is 4.42. The van der Waals surface area contributed by atoms with Crippen LogP contribution in [0.5, 0.6) is 0 Å². The molecule has 0 aliphatic carbocycles. The first-order valence-corrected chi connectivity index (χ1v) is 8.50. The third kappa shape index (κ3) is 3.73. The molecule has 0 bridgehead atoms. The summed E-state index contributed by atoms with van der Waals surface area (Å²) in [6.45, 7) is 1.86. The molecule has 0 amide bonds. The molecular formula is C20H13BrN2O3. The summed E-state index contributed by atoms with van der Waals surface area (Å²) in [5.41, 5.74) is 2.77. The standard InChI is InChI=1S/C20H13BrN2O3/c1-13-2-7-17(23(24)25)11-19(13)20-9-8-18(26-20)10-15(12-22)14-3-5-16(21)6-4-14/h2-11H,1H3/b15-10+. The molecule has 26 heavy (non-hydrogen) atoms. The number of aryl methyl sites for hydroxylation is 1. The van der Waals surface area contributed by atoms with E-state index in [2.05, 4.69) is 22.0 Å². The predicted molar refractivity (Wildman–Crippen MR) is 103 cm³/mol. The third-order valence-electron chi connectivity index (χ3n) is 3.89. The highest BCUT2D eigenvalue weighted by molar-refractivity contribution is 9.10. The smallest absolute Gasteiger partial charge is 0.270 e. The van der Waals surface area contributed by atoms with Crippen LogP contribution in [0.2, 0.25) is 0 Å². The van der Waals surface area contributed by atoms with E-state index in [1.165, 1.54) is 12.1 Å². The van der Waals surface area contributed by atoms with Gasteiger partial charge in [-0.15, -0.1) is 0 Å². The number of furan rings is 1. The zero-order valence-electron chi connectivity index (χ0n) is 13.8. The highest BCUT2D eigenvalue weighted by Gasteiger charge is 2.13. The lowest BCUT2D eigenvalue weighted by Crippen LogP contribution is -1.89. The average molecular weight is 409 g/mol. The van der Waals surface area contributed by atoms with Crippen molar-refractivity contribution in [2.45, 2.75) is 6.92 Å². The van der Waals surface area contributed by atoms with E-state index < -0.39 is 4.92 Å². The van der Waals surface area contributed by atoms with Gasteiger partial charge in [-0.2, -0.15) is 5.26 Å². The van der Waals surface area contributed by atoms with Gasteiger partial charge in [0.25, 0.3) is 5.69 Å². The van der Waals surface area contributed by atoms with Gasteiger partial charge >= 0.3 is 0 Å². The van der Waals surface area contributed by atoms with Gasteiger partial charge < -0.3 is 4.42 Å². The number of nitro benzene ring substituents is 1. The number of halogens is 1. The monoisotopic (exact) mass is 408 g/mol. The first-order valence-electron chi connectivity index (χ1n) is 7.71. The second-order valence-electron chi connectivity index (χ2n) is 5.64. The van der Waals surface area contributed by atoms with Crippen molar-refractivity contribution in [1.29, 1.82) is 5.26 Å². The molecule has 6 heteroatoms. The van der Waals surface area contributed by atoms with Gasteiger partial charge in [-0.05, 0) is 48.4 Å². The van der Waals surface area contributed by atoms with Crippen LogP contribution in [-0.4, -0.2) is 4.92 Å². The maximum atomic E-state index is 11.0. The van der Waals surface area contributed by atoms with Gasteiger partial charge in [0.1, 0.15) is 11.5 Å². The minimum Gasteiger partial charge on any atom is -0.457 e. The van der Waals surface area contributed by atoms with Gasteiger partial charge in [-0.1, -0.05) is 34.1 Å². The van der Waals surface area contributed by atoms with Crippen molar-refractivity contribution in [3.8, 4) is 17.4 Å². The molecule has 2 aromatic carbocycles. The van der Waals surface area contributed by atoms with Crippen LogP contribution >= 0.6 is 15.9 Å². The Labute approximate surface area is 158 Å². The van der Waals surface area contributed by atoms with Crippen molar-refractivity contribution in [2.75, 3.05) is 0 Å². The minimum atomic E-state index is -0.436. The van der Waals surface area contributed by atoms with Crippen LogP contribution < -0.4 is 0 Å². The molecule has 0 saturated heterocycles. The van der Waals surface area contributed by atoms with E-state index in [-0.39, 0.29) is 5.69 Å². The molecule has 0 aliphatic heterocycles. The summed E-state index contributed by atoms with van der Waals surface area (Å²) in [5, 5.41) is 20.4. The fourth-order valence-electron chi connectivity index (χ4n) is 2.52. The van der Waals surface area contributed by atoms with Gasteiger partial charge in [0.05, 0.1) is 16.6 Å². The second-order valence-corrected chi connectivity index (χ2v) is 6.55. The summed E-state index contributed by atoms with van der Waals surface area (Å²) in [4.78, 5) is 10.6. The van der Waals surface area contributed by atoms with Crippen molar-refractivity contribution >= 4 is 33.3 Å². The SMILES string of the molecule is Cc1ccc([N+](=O)[O-])cc1-c1ccc(/C=C(\C#N)c2ccc(Br)cc2)o1. The van der Waals surface area contributed by atoms with E-state index in [0.717, 1.165) is 15.6 Å². The fourth-order valence-corrected chi connectivity index (χ4v) is 2.78. The van der Waals surface area contributed by atoms with E-state index in [4.69, 9.17) is 4.42 Å². The number of rotatable bonds is 4. The van der Waals surface area contributed by atoms with Gasteiger partial charge in [0, 0.05) is 22.2 Å². The van der Waals surface area contributed by atoms with E-state index in [0.29, 0.717) is 22.7 Å². The van der Waals surface area contributed by atoms with Gasteiger partial charge in [-0.3, -0.25) is 10.1 Å². The number of hydrogen-bond acceptors (Lipinski definition) is 4. The van der Waals surface area contributed by atoms with Crippen LogP contribution in [-0.2, 0) is 0 Å². The molecule has 3 aromatic rings. The van der Waals surface area contributed by atoms with Gasteiger partial charge in [0.2, 0.25) is 0 Å². The Morgan fingerprint density at radius 2 is 1.92 bits per heavy atom. The van der Waals surface area contributed by atoms with Crippen LogP contribution in [0.1, 0.15) is 16.9 Å². The molecule has 1 aromatic heterocycles. The van der Waals surface area contributed by atoms with Crippen molar-refractivity contribution in [2.24, 2.45) is 0 Å². The maximum absolute atomic E-state index is 11.0. The van der Waals surface area contributed by atoms with Crippen LogP contribution in [0.25, 0.3) is 23.0 Å². The molecule has 0 aliphatic rings. The number of allylic oxidation sites excluding steroid dienone is 1. The molecule has 0 spiro atoms. The summed E-state index contributed by atoms with van der Waals surface area (Å²) >= 11 is 3.37. The molecule has 0 saturated carbocycles. The highest BCUT2D eigenvalue weighted by Crippen LogP contribution is 2.30. The number of nitriles is 1. The quantitative estimate of drug-likeness (QED) is 0.301. The Morgan fingerprint density at radius 3 is 2.58 bits per heavy atom. The molecule has 128 valence electrons. The molecule has 0 fully saturated rings. The number of benzene rings is 2. The van der Waals surface area contributed by atoms with Crippen molar-refractivity contribution < 1.29 is 9.34 Å². The zero-order chi connectivity index (χ0) is 18.7. The van der Waals surface area contributed by atoms with Crippen LogP contribution in [0.15, 0.2) is 63.5 Å². The molecule has 0 unspecified atom stereocenters. The minimum absolute atomic E-state index is 0.00617. The fraction of sp³-hybridized carbons (Fsp3) is 0.0500. The molecule has 0 N–H and O–H groups in total. The topological polar surface area (TPSA) is 80.1 Å². The number of nitrogens with zero attached hydrogens (tertiary/aromatic N) is 2. The van der Waals surface area contributed by atoms with E-state index in [9.17, 15) is 15.4 Å². The molecule has 0 atom stereocenters. The molecule has 5 nitrogen and oxygen atoms in total. The largest absolute Gasteiger partial charge is 0.457 e. The van der Waals surface area contributed by atoms with Crippen LogP contribution in [0.3, 0.4) is 0 Å². The Hall–Kier alpha value is -3.17. The van der Waals surface area contributed by atoms with E-state index >= 15 is 0 Å². The average Bonchev–Trinajstić information content (AvgIpc) is 3.09. The second kappa shape index (κ2) is 7.38. The first-order chi connectivity index (χ1) is 12.5. The van der Waals surface area contributed by atoms with Crippen LogP contribution in [0, 0.1) is 28.4 Å². The number of hydrogen-bond donors (Lipinski definition) is 0. The van der Waals surface area contributed by atoms with E-state index in [1.807, 2.05) is 31.2 Å². The first kappa shape index (κ1) is 17.6. The van der Waals surface area contributed by atoms with Crippen molar-refractivity contribution in [3.63, 3.8) is 0 Å². The van der Waals surface area contributed by atoms with Crippen molar-refractivity contribution in [1.82, 2.24) is 0 Å². The molecular weight excluding hydrogens is 396 g/mol. The Kier molecular flexibility index (Phi) is 5.01. The molecule has 1 heterocycles. The maximum Gasteiger partial charge on any atom is 0.270 e. The lowest BCUT2D eigenvalue weighted by atomic mass is 10.1. The lowest BCUT2D eigenvalue weighted by molar-refractivity contribution is -0.384. The summed E-state index contributed by atoms with van der Waals surface area (Å²) in [7, 11) is 0. The van der Waals surface area contributed by atoms with E-state index in [1.54, 1.807) is 24.3 Å². The number of nitro groups is 1. The Morgan fingerprint density at radius 1 is 1.19 bits per heavy atom. The Bertz CT molecular complexity index is 1040. The van der Waals surface area contributed by atoms with Crippen LogP contribution in [0.4, 0.5) is 5.69 Å². The molecule has 3 rings (SSSR count). The summed E-state index contributed by atoms with van der Waals surface area (Å²) in [6.07, 6.45) is 1.65. The number of non-ortho nitro benzene ring substituents is 1. The lowest BCUT2D eigenvalue weighted by Gasteiger charge is -2.02. The highest BCUT2D eigenvalue weighted by atomic mass is 79.9. The predicted octanol–water partition coefficient (Wildman–Crippen LogP) is 5.99. The van der Waals surface area contributed by atoms with Gasteiger partial charge in [-0.25, -0.2) is 0 Å². The van der Waals surface area contributed by atoms with Gasteiger partial charge in [0.15, 0.2) is 0 Å². The summed E-state index contributed by atoms with van der Waals surface area (Å²) in [5.74, 6) is 1.02. The Balaban J connectivity index is 1.97. The normalized spacial score (nSPS) is 11.2. The zero-order valence-corrected chi connectivity index (χ0v) is 15.4.